The van der Waals surface area contributed by atoms with Gasteiger partial charge in [-0.3, -0.25) is 4.79 Å². The number of aliphatic hydroxyl groups excluding tert-OH is 1. The van der Waals surface area contributed by atoms with Gasteiger partial charge in [0.1, 0.15) is 0 Å². The van der Waals surface area contributed by atoms with Gasteiger partial charge in [-0.2, -0.15) is 0 Å². The van der Waals surface area contributed by atoms with Crippen molar-refractivity contribution >= 4 is 21.8 Å². The third-order valence-electron chi connectivity index (χ3n) is 3.07. The van der Waals surface area contributed by atoms with E-state index in [1.165, 1.54) is 0 Å². The third kappa shape index (κ3) is 2.51. The van der Waals surface area contributed by atoms with Crippen LogP contribution in [0.4, 0.5) is 0 Å². The van der Waals surface area contributed by atoms with Gasteiger partial charge in [-0.25, -0.2) is 0 Å². The van der Waals surface area contributed by atoms with Gasteiger partial charge in [0.15, 0.2) is 0 Å². The molecule has 1 aromatic carbocycles. The largest absolute Gasteiger partial charge is 0.390 e. The summed E-state index contributed by atoms with van der Waals surface area (Å²) in [7, 11) is 1.72. The lowest BCUT2D eigenvalue weighted by molar-refractivity contribution is 0.0580. The van der Waals surface area contributed by atoms with Crippen LogP contribution < -0.4 is 5.32 Å². The molecule has 0 spiro atoms. The van der Waals surface area contributed by atoms with E-state index in [0.717, 1.165) is 4.47 Å². The second-order valence-electron chi connectivity index (χ2n) is 4.19. The quantitative estimate of drug-likeness (QED) is 0.851. The van der Waals surface area contributed by atoms with Crippen molar-refractivity contribution in [1.29, 1.82) is 0 Å². The summed E-state index contributed by atoms with van der Waals surface area (Å²) >= 11 is 3.36. The van der Waals surface area contributed by atoms with Crippen LogP contribution in [0, 0.1) is 0 Å². The maximum atomic E-state index is 12.3. The lowest BCUT2D eigenvalue weighted by Crippen LogP contribution is -2.44. The van der Waals surface area contributed by atoms with Gasteiger partial charge in [0.25, 0.3) is 5.91 Å². The fourth-order valence-corrected chi connectivity index (χ4v) is 2.48. The van der Waals surface area contributed by atoms with Gasteiger partial charge < -0.3 is 15.3 Å². The highest BCUT2D eigenvalue weighted by Crippen LogP contribution is 2.19. The van der Waals surface area contributed by atoms with E-state index in [4.69, 9.17) is 0 Å². The standard InChI is InChI=1S/C12H15BrN2O2/c1-15(10-6-14-7-11(10)16)12(17)8-4-2-3-5-9(8)13/h2-5,10-11,14,16H,6-7H2,1H3/t10-,11-/m0/s1. The lowest BCUT2D eigenvalue weighted by atomic mass is 10.1. The molecule has 5 heteroatoms. The first-order valence-electron chi connectivity index (χ1n) is 5.51. The minimum atomic E-state index is -0.494. The molecule has 2 atom stereocenters. The van der Waals surface area contributed by atoms with E-state index in [-0.39, 0.29) is 11.9 Å². The Labute approximate surface area is 109 Å². The smallest absolute Gasteiger partial charge is 0.255 e. The number of nitrogens with zero attached hydrogens (tertiary/aromatic N) is 1. The Balaban J connectivity index is 2.17. The molecule has 1 amide bonds. The Morgan fingerprint density at radius 2 is 2.18 bits per heavy atom. The molecule has 0 unspecified atom stereocenters. The van der Waals surface area contributed by atoms with Crippen LogP contribution in [0.25, 0.3) is 0 Å². The number of β-amino-alcohol motifs (C(OH)–C–C–N with tert-alkyl or cyclic N) is 1. The van der Waals surface area contributed by atoms with Crippen LogP contribution in [0.5, 0.6) is 0 Å². The number of hydrogen-bond acceptors (Lipinski definition) is 3. The van der Waals surface area contributed by atoms with E-state index < -0.39 is 6.10 Å². The number of carbonyl (C=O) groups excluding carboxylic acids is 1. The molecule has 0 bridgehead atoms. The first kappa shape index (κ1) is 12.5. The molecule has 0 aromatic heterocycles. The Morgan fingerprint density at radius 1 is 1.47 bits per heavy atom. The maximum absolute atomic E-state index is 12.3. The monoisotopic (exact) mass is 298 g/mol. The Bertz CT molecular complexity index is 425. The van der Waals surface area contributed by atoms with E-state index in [1.807, 2.05) is 18.2 Å². The maximum Gasteiger partial charge on any atom is 0.255 e. The molecule has 2 rings (SSSR count). The van der Waals surface area contributed by atoms with Gasteiger partial charge in [-0.1, -0.05) is 12.1 Å². The van der Waals surface area contributed by atoms with E-state index in [0.29, 0.717) is 18.7 Å². The van der Waals surface area contributed by atoms with Crippen molar-refractivity contribution in [2.45, 2.75) is 12.1 Å². The van der Waals surface area contributed by atoms with Crippen molar-refractivity contribution in [2.24, 2.45) is 0 Å². The number of halogens is 1. The van der Waals surface area contributed by atoms with Crippen LogP contribution in [-0.2, 0) is 0 Å². The van der Waals surface area contributed by atoms with E-state index >= 15 is 0 Å². The summed E-state index contributed by atoms with van der Waals surface area (Å²) in [6.07, 6.45) is -0.494. The summed E-state index contributed by atoms with van der Waals surface area (Å²) in [4.78, 5) is 13.9. The zero-order valence-electron chi connectivity index (χ0n) is 9.56. The predicted octanol–water partition coefficient (Wildman–Crippen LogP) is 0.854. The molecule has 0 saturated carbocycles. The second-order valence-corrected chi connectivity index (χ2v) is 5.04. The molecule has 1 aliphatic heterocycles. The summed E-state index contributed by atoms with van der Waals surface area (Å²) in [5.74, 6) is -0.0785. The topological polar surface area (TPSA) is 52.6 Å². The Kier molecular flexibility index (Phi) is 3.81. The molecule has 1 aromatic rings. The molecule has 1 heterocycles. The van der Waals surface area contributed by atoms with Crippen molar-refractivity contribution in [2.75, 3.05) is 20.1 Å². The van der Waals surface area contributed by atoms with Crippen molar-refractivity contribution in [3.8, 4) is 0 Å². The lowest BCUT2D eigenvalue weighted by Gasteiger charge is -2.26. The average molecular weight is 299 g/mol. The number of amides is 1. The summed E-state index contributed by atoms with van der Waals surface area (Å²) in [5.41, 5.74) is 0.620. The van der Waals surface area contributed by atoms with Crippen LogP contribution in [0.2, 0.25) is 0 Å². The van der Waals surface area contributed by atoms with Gasteiger partial charge in [-0.05, 0) is 28.1 Å². The highest BCUT2D eigenvalue weighted by Gasteiger charge is 2.31. The fourth-order valence-electron chi connectivity index (χ4n) is 2.02. The molecule has 1 aliphatic rings. The Morgan fingerprint density at radius 3 is 2.76 bits per heavy atom. The fraction of sp³-hybridized carbons (Fsp3) is 0.417. The summed E-state index contributed by atoms with van der Waals surface area (Å²) in [5, 5.41) is 12.8. The van der Waals surface area contributed by atoms with E-state index in [9.17, 15) is 9.90 Å². The van der Waals surface area contributed by atoms with Crippen LogP contribution in [0.3, 0.4) is 0 Å². The number of nitrogens with one attached hydrogen (secondary N) is 1. The number of hydrogen-bond donors (Lipinski definition) is 2. The summed E-state index contributed by atoms with van der Waals surface area (Å²) < 4.78 is 0.775. The first-order valence-corrected chi connectivity index (χ1v) is 6.31. The van der Waals surface area contributed by atoms with Crippen molar-refractivity contribution in [3.05, 3.63) is 34.3 Å². The predicted molar refractivity (Wildman–Crippen MR) is 68.9 cm³/mol. The molecule has 92 valence electrons. The molecular formula is C12H15BrN2O2. The molecule has 2 N–H and O–H groups in total. The normalized spacial score (nSPS) is 23.7. The van der Waals surface area contributed by atoms with E-state index in [2.05, 4.69) is 21.2 Å². The highest BCUT2D eigenvalue weighted by atomic mass is 79.9. The van der Waals surface area contributed by atoms with Gasteiger partial charge >= 0.3 is 0 Å². The highest BCUT2D eigenvalue weighted by molar-refractivity contribution is 9.10. The molecule has 17 heavy (non-hydrogen) atoms. The van der Waals surface area contributed by atoms with Gasteiger partial charge in [0, 0.05) is 24.6 Å². The number of rotatable bonds is 2. The SMILES string of the molecule is CN(C(=O)c1ccccc1Br)[C@H]1CNC[C@@H]1O. The summed E-state index contributed by atoms with van der Waals surface area (Å²) in [6, 6.07) is 7.15. The van der Waals surface area contributed by atoms with Crippen molar-refractivity contribution < 1.29 is 9.90 Å². The number of aliphatic hydroxyl groups is 1. The van der Waals surface area contributed by atoms with Crippen molar-refractivity contribution in [1.82, 2.24) is 10.2 Å². The zero-order chi connectivity index (χ0) is 12.4. The number of likely N-dealkylation sites (N-methyl/N-ethyl adjacent to an activating group) is 1. The molecular weight excluding hydrogens is 284 g/mol. The summed E-state index contributed by atoms with van der Waals surface area (Å²) in [6.45, 7) is 1.17. The minimum Gasteiger partial charge on any atom is -0.390 e. The second kappa shape index (κ2) is 5.16. The first-order chi connectivity index (χ1) is 8.11. The van der Waals surface area contributed by atoms with Gasteiger partial charge in [-0.15, -0.1) is 0 Å². The van der Waals surface area contributed by atoms with Crippen LogP contribution >= 0.6 is 15.9 Å². The molecule has 1 saturated heterocycles. The molecule has 4 nitrogen and oxygen atoms in total. The van der Waals surface area contributed by atoms with E-state index in [1.54, 1.807) is 18.0 Å². The van der Waals surface area contributed by atoms with Crippen molar-refractivity contribution in [3.63, 3.8) is 0 Å². The molecule has 0 radical (unpaired) electrons. The van der Waals surface area contributed by atoms with Crippen LogP contribution in [0.1, 0.15) is 10.4 Å². The average Bonchev–Trinajstić information content (AvgIpc) is 2.74. The zero-order valence-corrected chi connectivity index (χ0v) is 11.1. The number of benzene rings is 1. The third-order valence-corrected chi connectivity index (χ3v) is 3.76. The van der Waals surface area contributed by atoms with Crippen LogP contribution in [-0.4, -0.2) is 48.2 Å². The van der Waals surface area contributed by atoms with Gasteiger partial charge in [0.05, 0.1) is 17.7 Å². The molecule has 1 fully saturated rings. The Hall–Kier alpha value is -0.910. The minimum absolute atomic E-state index is 0.0785. The van der Waals surface area contributed by atoms with Crippen LogP contribution in [0.15, 0.2) is 28.7 Å². The molecule has 0 aliphatic carbocycles. The number of carbonyl (C=O) groups is 1. The van der Waals surface area contributed by atoms with Gasteiger partial charge in [0.2, 0.25) is 0 Å².